The normalized spacial score (nSPS) is 24.6. The zero-order valence-corrected chi connectivity index (χ0v) is 9.03. The molecule has 6 heteroatoms. The summed E-state index contributed by atoms with van der Waals surface area (Å²) in [4.78, 5) is 10.5. The van der Waals surface area contributed by atoms with Crippen LogP contribution in [0.1, 0.15) is 17.9 Å². The van der Waals surface area contributed by atoms with Crippen molar-refractivity contribution in [2.45, 2.75) is 18.4 Å². The molecule has 1 fully saturated rings. The van der Waals surface area contributed by atoms with Crippen LogP contribution in [0.25, 0.3) is 0 Å². The molecular formula is C11H12F2N2O2. The average molecular weight is 242 g/mol. The van der Waals surface area contributed by atoms with Crippen molar-refractivity contribution < 1.29 is 13.7 Å². The zero-order chi connectivity index (χ0) is 12.4. The summed E-state index contributed by atoms with van der Waals surface area (Å²) in [6.45, 7) is 0.907. The van der Waals surface area contributed by atoms with Gasteiger partial charge in [0, 0.05) is 4.92 Å². The third-order valence-corrected chi connectivity index (χ3v) is 3.09. The van der Waals surface area contributed by atoms with Crippen LogP contribution in [0, 0.1) is 21.7 Å². The van der Waals surface area contributed by atoms with Gasteiger partial charge >= 0.3 is 0 Å². The van der Waals surface area contributed by atoms with Gasteiger partial charge in [-0.1, -0.05) is 6.07 Å². The first-order valence-electron chi connectivity index (χ1n) is 5.38. The Hall–Kier alpha value is -1.56. The lowest BCUT2D eigenvalue weighted by Crippen LogP contribution is -2.43. The van der Waals surface area contributed by atoms with Crippen molar-refractivity contribution in [3.8, 4) is 0 Å². The summed E-state index contributed by atoms with van der Waals surface area (Å²) in [5, 5.41) is 13.8. The molecule has 1 heterocycles. The molecule has 0 spiro atoms. The lowest BCUT2D eigenvalue weighted by molar-refractivity contribution is -0.526. The Balaban J connectivity index is 2.29. The smallest absolute Gasteiger partial charge is 0.232 e. The Morgan fingerprint density at radius 3 is 2.76 bits per heavy atom. The standard InChI is InChI=1S/C11H12F2N2O2/c12-9-2-1-7(5-10(9)13)8-3-4-14-6-11(8)15(16)17/h1-2,5,8,11,14H,3-4,6H2/t8-,11+/m0/s1. The lowest BCUT2D eigenvalue weighted by Gasteiger charge is -2.26. The van der Waals surface area contributed by atoms with Crippen LogP contribution in [0.4, 0.5) is 8.78 Å². The van der Waals surface area contributed by atoms with E-state index in [0.29, 0.717) is 18.5 Å². The highest BCUT2D eigenvalue weighted by Crippen LogP contribution is 2.28. The fraction of sp³-hybridized carbons (Fsp3) is 0.455. The van der Waals surface area contributed by atoms with E-state index in [0.717, 1.165) is 12.1 Å². The SMILES string of the molecule is O=[N+]([O-])[C@@H]1CNCC[C@H]1c1ccc(F)c(F)c1. The maximum Gasteiger partial charge on any atom is 0.232 e. The maximum absolute atomic E-state index is 13.1. The quantitative estimate of drug-likeness (QED) is 0.634. The summed E-state index contributed by atoms with van der Waals surface area (Å²) in [6, 6.07) is 2.71. The van der Waals surface area contributed by atoms with E-state index in [-0.39, 0.29) is 17.4 Å². The highest BCUT2D eigenvalue weighted by molar-refractivity contribution is 5.23. The minimum atomic E-state index is -0.955. The van der Waals surface area contributed by atoms with E-state index < -0.39 is 17.7 Å². The second-order valence-corrected chi connectivity index (χ2v) is 4.13. The van der Waals surface area contributed by atoms with E-state index in [4.69, 9.17) is 0 Å². The van der Waals surface area contributed by atoms with E-state index in [2.05, 4.69) is 5.32 Å². The maximum atomic E-state index is 13.1. The van der Waals surface area contributed by atoms with Crippen molar-refractivity contribution in [1.29, 1.82) is 0 Å². The van der Waals surface area contributed by atoms with Crippen LogP contribution in [0.5, 0.6) is 0 Å². The monoisotopic (exact) mass is 242 g/mol. The van der Waals surface area contributed by atoms with E-state index in [1.165, 1.54) is 6.07 Å². The molecule has 0 amide bonds. The van der Waals surface area contributed by atoms with Crippen LogP contribution >= 0.6 is 0 Å². The molecule has 0 unspecified atom stereocenters. The Morgan fingerprint density at radius 2 is 2.12 bits per heavy atom. The molecule has 1 aliphatic rings. The number of halogens is 2. The molecular weight excluding hydrogens is 230 g/mol. The van der Waals surface area contributed by atoms with Crippen LogP contribution in [-0.4, -0.2) is 24.1 Å². The number of nitrogens with zero attached hydrogens (tertiary/aromatic N) is 1. The first-order valence-corrected chi connectivity index (χ1v) is 5.38. The van der Waals surface area contributed by atoms with Crippen LogP contribution in [0.3, 0.4) is 0 Å². The Morgan fingerprint density at radius 1 is 1.35 bits per heavy atom. The highest BCUT2D eigenvalue weighted by atomic mass is 19.2. The van der Waals surface area contributed by atoms with Crippen molar-refractivity contribution in [2.75, 3.05) is 13.1 Å². The van der Waals surface area contributed by atoms with Gasteiger partial charge in [0.25, 0.3) is 0 Å². The molecule has 1 N–H and O–H groups in total. The van der Waals surface area contributed by atoms with Crippen molar-refractivity contribution in [2.24, 2.45) is 0 Å². The molecule has 1 aromatic rings. The van der Waals surface area contributed by atoms with Gasteiger partial charge in [-0.05, 0) is 30.7 Å². The molecule has 0 aromatic heterocycles. The van der Waals surface area contributed by atoms with Gasteiger partial charge in [-0.25, -0.2) is 8.78 Å². The second kappa shape index (κ2) is 4.75. The van der Waals surface area contributed by atoms with Gasteiger partial charge in [0.2, 0.25) is 6.04 Å². The largest absolute Gasteiger partial charge is 0.310 e. The van der Waals surface area contributed by atoms with E-state index in [9.17, 15) is 18.9 Å². The molecule has 0 bridgehead atoms. The number of hydrogen-bond acceptors (Lipinski definition) is 3. The van der Waals surface area contributed by atoms with Crippen LogP contribution < -0.4 is 5.32 Å². The molecule has 1 saturated heterocycles. The molecule has 4 nitrogen and oxygen atoms in total. The fourth-order valence-electron chi connectivity index (χ4n) is 2.20. The van der Waals surface area contributed by atoms with Crippen molar-refractivity contribution >= 4 is 0 Å². The third-order valence-electron chi connectivity index (χ3n) is 3.09. The fourth-order valence-corrected chi connectivity index (χ4v) is 2.20. The first-order chi connectivity index (χ1) is 8.09. The number of hydrogen-bond donors (Lipinski definition) is 1. The molecule has 2 rings (SSSR count). The number of nitrogens with one attached hydrogen (secondary N) is 1. The molecule has 2 atom stereocenters. The molecule has 0 aliphatic carbocycles. The molecule has 1 aromatic carbocycles. The summed E-state index contributed by atoms with van der Waals surface area (Å²) in [5.41, 5.74) is 0.493. The van der Waals surface area contributed by atoms with Crippen LogP contribution in [0.2, 0.25) is 0 Å². The van der Waals surface area contributed by atoms with Gasteiger partial charge in [-0.3, -0.25) is 10.1 Å². The van der Waals surface area contributed by atoms with Crippen molar-refractivity contribution in [3.63, 3.8) is 0 Å². The number of benzene rings is 1. The number of nitro groups is 1. The highest BCUT2D eigenvalue weighted by Gasteiger charge is 2.35. The first kappa shape index (κ1) is 11.9. The van der Waals surface area contributed by atoms with Gasteiger partial charge in [0.15, 0.2) is 11.6 Å². The Kier molecular flexibility index (Phi) is 3.33. The second-order valence-electron chi connectivity index (χ2n) is 4.13. The minimum absolute atomic E-state index is 0.261. The Labute approximate surface area is 96.8 Å². The predicted octanol–water partition coefficient (Wildman–Crippen LogP) is 1.69. The van der Waals surface area contributed by atoms with E-state index in [1.54, 1.807) is 0 Å². The minimum Gasteiger partial charge on any atom is -0.310 e. The third kappa shape index (κ3) is 2.41. The summed E-state index contributed by atoms with van der Waals surface area (Å²) >= 11 is 0. The summed E-state index contributed by atoms with van der Waals surface area (Å²) in [7, 11) is 0. The van der Waals surface area contributed by atoms with Crippen LogP contribution in [-0.2, 0) is 0 Å². The molecule has 1 aliphatic heterocycles. The number of rotatable bonds is 2. The van der Waals surface area contributed by atoms with Crippen LogP contribution in [0.15, 0.2) is 18.2 Å². The molecule has 0 saturated carbocycles. The Bertz CT molecular complexity index is 439. The summed E-state index contributed by atoms with van der Waals surface area (Å²) in [6.07, 6.45) is 0.552. The van der Waals surface area contributed by atoms with Gasteiger partial charge in [-0.2, -0.15) is 0 Å². The van der Waals surface area contributed by atoms with Gasteiger partial charge in [0.1, 0.15) is 0 Å². The van der Waals surface area contributed by atoms with E-state index in [1.807, 2.05) is 0 Å². The van der Waals surface area contributed by atoms with E-state index >= 15 is 0 Å². The molecule has 92 valence electrons. The molecule has 17 heavy (non-hydrogen) atoms. The molecule has 0 radical (unpaired) electrons. The summed E-state index contributed by atoms with van der Waals surface area (Å²) in [5.74, 6) is -2.25. The topological polar surface area (TPSA) is 55.2 Å². The predicted molar refractivity (Wildman–Crippen MR) is 57.4 cm³/mol. The van der Waals surface area contributed by atoms with Crippen molar-refractivity contribution in [1.82, 2.24) is 5.32 Å². The summed E-state index contributed by atoms with van der Waals surface area (Å²) < 4.78 is 25.9. The number of piperidine rings is 1. The van der Waals surface area contributed by atoms with Gasteiger partial charge in [0.05, 0.1) is 12.5 Å². The van der Waals surface area contributed by atoms with Gasteiger partial charge in [-0.15, -0.1) is 0 Å². The van der Waals surface area contributed by atoms with Crippen molar-refractivity contribution in [3.05, 3.63) is 45.5 Å². The average Bonchev–Trinajstić information content (AvgIpc) is 2.32. The van der Waals surface area contributed by atoms with Gasteiger partial charge < -0.3 is 5.32 Å². The zero-order valence-electron chi connectivity index (χ0n) is 9.03. The lowest BCUT2D eigenvalue weighted by atomic mass is 9.86.